The van der Waals surface area contributed by atoms with Crippen molar-refractivity contribution in [1.82, 2.24) is 0 Å². The largest absolute Gasteiger partial charge is 0.497 e. The molecule has 2 aromatic carbocycles. The molecule has 2 aromatic rings. The van der Waals surface area contributed by atoms with Crippen molar-refractivity contribution in [3.63, 3.8) is 0 Å². The van der Waals surface area contributed by atoms with Crippen molar-refractivity contribution >= 4 is 34.8 Å². The Morgan fingerprint density at radius 2 is 1.70 bits per heavy atom. The van der Waals surface area contributed by atoms with Gasteiger partial charge in [0.1, 0.15) is 17.3 Å². The lowest BCUT2D eigenvalue weighted by Crippen LogP contribution is -2.31. The number of rotatable bonds is 6. The Bertz CT molecular complexity index is 924. The maximum absolute atomic E-state index is 13.3. The number of halogens is 1. The van der Waals surface area contributed by atoms with Crippen LogP contribution in [0.4, 0.5) is 10.1 Å². The quantitative estimate of drug-likeness (QED) is 0.704. The third-order valence-corrected chi connectivity index (χ3v) is 5.05. The van der Waals surface area contributed by atoms with Gasteiger partial charge in [0, 0.05) is 6.07 Å². The summed E-state index contributed by atoms with van der Waals surface area (Å²) in [7, 11) is 2.98. The molecular weight excluding hydrogens is 369 g/mol. The molecule has 1 aliphatic rings. The van der Waals surface area contributed by atoms with Crippen molar-refractivity contribution in [2.24, 2.45) is 0 Å². The highest BCUT2D eigenvalue weighted by Crippen LogP contribution is 2.42. The third-order valence-electron chi connectivity index (χ3n) is 4.09. The lowest BCUT2D eigenvalue weighted by molar-refractivity contribution is -0.119. The Kier molecular flexibility index (Phi) is 5.51. The van der Waals surface area contributed by atoms with Crippen LogP contribution in [0.5, 0.6) is 11.5 Å². The molecule has 0 fully saturated rings. The van der Waals surface area contributed by atoms with E-state index in [0.29, 0.717) is 33.4 Å². The summed E-state index contributed by atoms with van der Waals surface area (Å²) in [5.74, 6) is 0.212. The first-order valence-corrected chi connectivity index (χ1v) is 9.24. The first kappa shape index (κ1) is 19.0. The van der Waals surface area contributed by atoms with Crippen LogP contribution in [-0.2, 0) is 9.59 Å². The van der Waals surface area contributed by atoms with E-state index in [0.717, 1.165) is 4.90 Å². The molecule has 3 rings (SSSR count). The average molecular weight is 387 g/mol. The van der Waals surface area contributed by atoms with Gasteiger partial charge in [-0.2, -0.15) is 0 Å². The number of carbonyl (C=O) groups is 2. The fourth-order valence-electron chi connectivity index (χ4n) is 2.85. The van der Waals surface area contributed by atoms with E-state index in [1.54, 1.807) is 18.2 Å². The number of nitrogens with zero attached hydrogens (tertiary/aromatic N) is 1. The minimum absolute atomic E-state index is 0.268. The SMILES string of the molecule is CCSC1=C(c2ccc(F)cc2)C(=O)N(c2ccc(OC)cc2OC)C1=O. The summed E-state index contributed by atoms with van der Waals surface area (Å²) in [4.78, 5) is 27.6. The van der Waals surface area contributed by atoms with E-state index in [1.807, 2.05) is 6.92 Å². The lowest BCUT2D eigenvalue weighted by atomic mass is 10.1. The minimum atomic E-state index is -0.467. The van der Waals surface area contributed by atoms with Crippen LogP contribution >= 0.6 is 11.8 Å². The second kappa shape index (κ2) is 7.84. The molecule has 0 spiro atoms. The number of methoxy groups -OCH3 is 2. The molecule has 1 aliphatic heterocycles. The van der Waals surface area contributed by atoms with Crippen LogP contribution in [0.1, 0.15) is 12.5 Å². The van der Waals surface area contributed by atoms with E-state index < -0.39 is 17.6 Å². The van der Waals surface area contributed by atoms with Crippen LogP contribution in [-0.4, -0.2) is 31.8 Å². The third kappa shape index (κ3) is 3.42. The zero-order valence-corrected chi connectivity index (χ0v) is 15.9. The van der Waals surface area contributed by atoms with E-state index >= 15 is 0 Å². The zero-order valence-electron chi connectivity index (χ0n) is 15.1. The van der Waals surface area contributed by atoms with Crippen LogP contribution in [0.15, 0.2) is 47.4 Å². The van der Waals surface area contributed by atoms with Gasteiger partial charge in [0.2, 0.25) is 0 Å². The van der Waals surface area contributed by atoms with Crippen LogP contribution in [0, 0.1) is 5.82 Å². The number of thioether (sulfide) groups is 1. The summed E-state index contributed by atoms with van der Waals surface area (Å²) in [5.41, 5.74) is 1.10. The van der Waals surface area contributed by atoms with Gasteiger partial charge in [-0.15, -0.1) is 11.8 Å². The van der Waals surface area contributed by atoms with E-state index in [-0.39, 0.29) is 5.57 Å². The van der Waals surface area contributed by atoms with Gasteiger partial charge in [-0.05, 0) is 35.6 Å². The molecule has 0 N–H and O–H groups in total. The van der Waals surface area contributed by atoms with Gasteiger partial charge in [0.25, 0.3) is 11.8 Å². The summed E-state index contributed by atoms with van der Waals surface area (Å²) in [5, 5.41) is 0. The Morgan fingerprint density at radius 1 is 1.00 bits per heavy atom. The van der Waals surface area contributed by atoms with E-state index in [9.17, 15) is 14.0 Å². The fourth-order valence-corrected chi connectivity index (χ4v) is 3.70. The number of carbonyl (C=O) groups excluding carboxylic acids is 2. The Morgan fingerprint density at radius 3 is 2.30 bits per heavy atom. The van der Waals surface area contributed by atoms with Gasteiger partial charge in [-0.25, -0.2) is 9.29 Å². The Balaban J connectivity index is 2.10. The van der Waals surface area contributed by atoms with E-state index in [2.05, 4.69) is 0 Å². The molecule has 0 atom stereocenters. The molecule has 0 aromatic heterocycles. The molecule has 0 aliphatic carbocycles. The molecular formula is C20H18FNO4S. The summed E-state index contributed by atoms with van der Waals surface area (Å²) in [6.07, 6.45) is 0. The van der Waals surface area contributed by atoms with Crippen LogP contribution < -0.4 is 14.4 Å². The van der Waals surface area contributed by atoms with E-state index in [1.165, 1.54) is 50.2 Å². The molecule has 1 heterocycles. The maximum Gasteiger partial charge on any atom is 0.272 e. The second-order valence-corrected chi connectivity index (χ2v) is 6.90. The summed E-state index contributed by atoms with van der Waals surface area (Å²) in [6.45, 7) is 1.90. The highest BCUT2D eigenvalue weighted by molar-refractivity contribution is 8.04. The normalized spacial score (nSPS) is 14.1. The molecule has 2 amide bonds. The smallest absolute Gasteiger partial charge is 0.272 e. The number of ether oxygens (including phenoxy) is 2. The average Bonchev–Trinajstić information content (AvgIpc) is 2.92. The predicted molar refractivity (Wildman–Crippen MR) is 103 cm³/mol. The molecule has 5 nitrogen and oxygen atoms in total. The molecule has 27 heavy (non-hydrogen) atoms. The van der Waals surface area contributed by atoms with Gasteiger partial charge in [-0.3, -0.25) is 9.59 Å². The molecule has 0 bridgehead atoms. The predicted octanol–water partition coefficient (Wildman–Crippen LogP) is 3.88. The van der Waals surface area contributed by atoms with Crippen molar-refractivity contribution in [2.45, 2.75) is 6.92 Å². The highest BCUT2D eigenvalue weighted by Gasteiger charge is 2.41. The molecule has 0 unspecified atom stereocenters. The molecule has 0 saturated carbocycles. The maximum atomic E-state index is 13.3. The topological polar surface area (TPSA) is 55.8 Å². The van der Waals surface area contributed by atoms with Crippen molar-refractivity contribution in [3.8, 4) is 11.5 Å². The second-order valence-electron chi connectivity index (χ2n) is 5.63. The van der Waals surface area contributed by atoms with Gasteiger partial charge in [0.05, 0.1) is 30.4 Å². The number of hydrogen-bond acceptors (Lipinski definition) is 5. The molecule has 0 radical (unpaired) electrons. The minimum Gasteiger partial charge on any atom is -0.497 e. The molecule has 0 saturated heterocycles. The lowest BCUT2D eigenvalue weighted by Gasteiger charge is -2.19. The number of benzene rings is 2. The summed E-state index contributed by atoms with van der Waals surface area (Å²) in [6, 6.07) is 10.4. The van der Waals surface area contributed by atoms with Crippen LogP contribution in [0.3, 0.4) is 0 Å². The van der Waals surface area contributed by atoms with Crippen molar-refractivity contribution < 1.29 is 23.5 Å². The number of hydrogen-bond donors (Lipinski definition) is 0. The zero-order chi connectivity index (χ0) is 19.6. The van der Waals surface area contributed by atoms with Crippen molar-refractivity contribution in [2.75, 3.05) is 24.9 Å². The van der Waals surface area contributed by atoms with Gasteiger partial charge in [0.15, 0.2) is 0 Å². The molecule has 7 heteroatoms. The van der Waals surface area contributed by atoms with Gasteiger partial charge in [-0.1, -0.05) is 19.1 Å². The number of anilines is 1. The van der Waals surface area contributed by atoms with Crippen molar-refractivity contribution in [1.29, 1.82) is 0 Å². The van der Waals surface area contributed by atoms with Gasteiger partial charge < -0.3 is 9.47 Å². The summed E-state index contributed by atoms with van der Waals surface area (Å²) < 4.78 is 23.8. The van der Waals surface area contributed by atoms with Crippen molar-refractivity contribution in [3.05, 3.63) is 58.8 Å². The highest BCUT2D eigenvalue weighted by atomic mass is 32.2. The first-order valence-electron chi connectivity index (χ1n) is 8.25. The van der Waals surface area contributed by atoms with Gasteiger partial charge >= 0.3 is 0 Å². The number of imide groups is 1. The van der Waals surface area contributed by atoms with E-state index in [4.69, 9.17) is 9.47 Å². The number of amides is 2. The van der Waals surface area contributed by atoms with Crippen LogP contribution in [0.2, 0.25) is 0 Å². The fraction of sp³-hybridized carbons (Fsp3) is 0.200. The Hall–Kier alpha value is -2.80. The monoisotopic (exact) mass is 387 g/mol. The Labute approximate surface area is 160 Å². The molecule has 140 valence electrons. The standard InChI is InChI=1S/C20H18FNO4S/c1-4-27-18-17(12-5-7-13(21)8-6-12)19(23)22(20(18)24)15-10-9-14(25-2)11-16(15)26-3/h5-11H,4H2,1-3H3. The first-order chi connectivity index (χ1) is 13.0. The summed E-state index contributed by atoms with van der Waals surface area (Å²) >= 11 is 1.29. The van der Waals surface area contributed by atoms with Crippen LogP contribution in [0.25, 0.3) is 5.57 Å².